The van der Waals surface area contributed by atoms with E-state index in [1.807, 2.05) is 20.8 Å². The molecule has 0 unspecified atom stereocenters. The first-order valence-corrected chi connectivity index (χ1v) is 7.10. The van der Waals surface area contributed by atoms with E-state index in [1.54, 1.807) is 0 Å². The number of carbonyl (C=O) groups excluding carboxylic acids is 2. The Bertz CT molecular complexity index is 306. The van der Waals surface area contributed by atoms with Crippen LogP contribution >= 0.6 is 0 Å². The predicted molar refractivity (Wildman–Crippen MR) is 73.8 cm³/mol. The van der Waals surface area contributed by atoms with Gasteiger partial charge in [0.15, 0.2) is 0 Å². The van der Waals surface area contributed by atoms with Crippen LogP contribution < -0.4 is 10.6 Å². The number of hydrogen-bond donors (Lipinski definition) is 2. The SMILES string of the molecule is CC(C)(C)OC(=O)NCCCC(=O)NCC1CCC1. The van der Waals surface area contributed by atoms with E-state index in [-0.39, 0.29) is 5.91 Å². The zero-order chi connectivity index (χ0) is 14.3. The van der Waals surface area contributed by atoms with Crippen molar-refractivity contribution in [3.05, 3.63) is 0 Å². The Morgan fingerprint density at radius 3 is 2.42 bits per heavy atom. The van der Waals surface area contributed by atoms with E-state index in [0.29, 0.717) is 25.3 Å². The van der Waals surface area contributed by atoms with Gasteiger partial charge in [0.1, 0.15) is 5.60 Å². The second kappa shape index (κ2) is 7.36. The maximum Gasteiger partial charge on any atom is 0.407 e. The summed E-state index contributed by atoms with van der Waals surface area (Å²) < 4.78 is 5.10. The Labute approximate surface area is 115 Å². The van der Waals surface area contributed by atoms with Crippen LogP contribution in [0.15, 0.2) is 0 Å². The van der Waals surface area contributed by atoms with Crippen molar-refractivity contribution in [2.24, 2.45) is 5.92 Å². The third kappa shape index (κ3) is 7.70. The fourth-order valence-electron chi connectivity index (χ4n) is 1.80. The van der Waals surface area contributed by atoms with Gasteiger partial charge >= 0.3 is 6.09 Å². The van der Waals surface area contributed by atoms with Crippen LogP contribution in [-0.2, 0) is 9.53 Å². The molecule has 1 aliphatic carbocycles. The lowest BCUT2D eigenvalue weighted by atomic mass is 9.85. The highest BCUT2D eigenvalue weighted by atomic mass is 16.6. The van der Waals surface area contributed by atoms with Crippen LogP contribution in [0.1, 0.15) is 52.9 Å². The van der Waals surface area contributed by atoms with E-state index >= 15 is 0 Å². The number of alkyl carbamates (subject to hydrolysis) is 1. The van der Waals surface area contributed by atoms with Crippen molar-refractivity contribution in [1.82, 2.24) is 10.6 Å². The maximum atomic E-state index is 11.5. The minimum Gasteiger partial charge on any atom is -0.444 e. The molecule has 0 spiro atoms. The zero-order valence-electron chi connectivity index (χ0n) is 12.3. The van der Waals surface area contributed by atoms with E-state index in [9.17, 15) is 9.59 Å². The standard InChI is InChI=1S/C14H26N2O3/c1-14(2,3)19-13(18)15-9-5-8-12(17)16-10-11-6-4-7-11/h11H,4-10H2,1-3H3,(H,15,18)(H,16,17). The number of ether oxygens (including phenoxy) is 1. The molecule has 0 radical (unpaired) electrons. The molecular formula is C14H26N2O3. The third-order valence-corrected chi connectivity index (χ3v) is 3.06. The van der Waals surface area contributed by atoms with Crippen molar-refractivity contribution in [3.63, 3.8) is 0 Å². The summed E-state index contributed by atoms with van der Waals surface area (Å²) in [5.74, 6) is 0.752. The molecule has 0 bridgehead atoms. The molecule has 1 aliphatic rings. The van der Waals surface area contributed by atoms with Gasteiger partial charge in [-0.2, -0.15) is 0 Å². The molecule has 0 aromatic heterocycles. The van der Waals surface area contributed by atoms with Gasteiger partial charge in [-0.3, -0.25) is 4.79 Å². The van der Waals surface area contributed by atoms with Gasteiger partial charge in [0.25, 0.3) is 0 Å². The van der Waals surface area contributed by atoms with E-state index < -0.39 is 11.7 Å². The molecule has 0 aromatic carbocycles. The van der Waals surface area contributed by atoms with E-state index in [1.165, 1.54) is 19.3 Å². The monoisotopic (exact) mass is 270 g/mol. The van der Waals surface area contributed by atoms with Gasteiger partial charge in [-0.15, -0.1) is 0 Å². The molecule has 2 N–H and O–H groups in total. The molecule has 110 valence electrons. The number of carbonyl (C=O) groups is 2. The number of amides is 2. The Hall–Kier alpha value is -1.26. The molecule has 0 aromatic rings. The largest absolute Gasteiger partial charge is 0.444 e. The lowest BCUT2D eigenvalue weighted by Gasteiger charge is -2.25. The van der Waals surface area contributed by atoms with Crippen molar-refractivity contribution in [2.75, 3.05) is 13.1 Å². The van der Waals surface area contributed by atoms with E-state index in [2.05, 4.69) is 10.6 Å². The molecule has 0 aliphatic heterocycles. The van der Waals surface area contributed by atoms with Gasteiger partial charge in [-0.25, -0.2) is 4.79 Å². The summed E-state index contributed by atoms with van der Waals surface area (Å²) in [4.78, 5) is 22.8. The normalized spacial score (nSPS) is 15.5. The van der Waals surface area contributed by atoms with Crippen LogP contribution in [-0.4, -0.2) is 30.7 Å². The Balaban J connectivity index is 1.97. The molecule has 0 saturated heterocycles. The molecule has 5 nitrogen and oxygen atoms in total. The van der Waals surface area contributed by atoms with Gasteiger partial charge in [0, 0.05) is 19.5 Å². The van der Waals surface area contributed by atoms with E-state index in [0.717, 1.165) is 6.54 Å². The van der Waals surface area contributed by atoms with Gasteiger partial charge in [0.2, 0.25) is 5.91 Å². The summed E-state index contributed by atoms with van der Waals surface area (Å²) >= 11 is 0. The lowest BCUT2D eigenvalue weighted by Crippen LogP contribution is -2.34. The first-order chi connectivity index (χ1) is 8.87. The molecule has 2 amide bonds. The average molecular weight is 270 g/mol. The maximum absolute atomic E-state index is 11.5. The first-order valence-electron chi connectivity index (χ1n) is 7.10. The van der Waals surface area contributed by atoms with Crippen LogP contribution in [0.5, 0.6) is 0 Å². The minimum absolute atomic E-state index is 0.0675. The molecule has 1 rings (SSSR count). The smallest absolute Gasteiger partial charge is 0.407 e. The fraction of sp³-hybridized carbons (Fsp3) is 0.857. The molecule has 1 fully saturated rings. The van der Waals surface area contributed by atoms with Crippen LogP contribution in [0, 0.1) is 5.92 Å². The van der Waals surface area contributed by atoms with Crippen LogP contribution in [0.2, 0.25) is 0 Å². The topological polar surface area (TPSA) is 67.4 Å². The van der Waals surface area contributed by atoms with Gasteiger partial charge in [-0.1, -0.05) is 6.42 Å². The molecule has 19 heavy (non-hydrogen) atoms. The predicted octanol–water partition coefficient (Wildman–Crippen LogP) is 2.21. The minimum atomic E-state index is -0.482. The lowest BCUT2D eigenvalue weighted by molar-refractivity contribution is -0.121. The summed E-state index contributed by atoms with van der Waals surface area (Å²) in [6.45, 7) is 6.73. The van der Waals surface area contributed by atoms with Gasteiger partial charge in [0.05, 0.1) is 0 Å². The van der Waals surface area contributed by atoms with Crippen LogP contribution in [0.3, 0.4) is 0 Å². The molecule has 5 heteroatoms. The summed E-state index contributed by atoms with van der Waals surface area (Å²) in [6.07, 6.45) is 4.42. The van der Waals surface area contributed by atoms with E-state index in [4.69, 9.17) is 4.74 Å². The third-order valence-electron chi connectivity index (χ3n) is 3.06. The van der Waals surface area contributed by atoms with Crippen molar-refractivity contribution >= 4 is 12.0 Å². The highest BCUT2D eigenvalue weighted by Gasteiger charge is 2.18. The second-order valence-corrected chi connectivity index (χ2v) is 6.13. The molecule has 1 saturated carbocycles. The Morgan fingerprint density at radius 2 is 1.89 bits per heavy atom. The Morgan fingerprint density at radius 1 is 1.21 bits per heavy atom. The van der Waals surface area contributed by atoms with Crippen molar-refractivity contribution < 1.29 is 14.3 Å². The van der Waals surface area contributed by atoms with Crippen molar-refractivity contribution in [1.29, 1.82) is 0 Å². The number of hydrogen-bond acceptors (Lipinski definition) is 3. The first kappa shape index (κ1) is 15.8. The van der Waals surface area contributed by atoms with Crippen molar-refractivity contribution in [3.8, 4) is 0 Å². The Kier molecular flexibility index (Phi) is 6.12. The molecular weight excluding hydrogens is 244 g/mol. The summed E-state index contributed by atoms with van der Waals surface area (Å²) in [5.41, 5.74) is -0.482. The molecule has 0 atom stereocenters. The van der Waals surface area contributed by atoms with Gasteiger partial charge < -0.3 is 15.4 Å². The summed E-state index contributed by atoms with van der Waals surface area (Å²) in [7, 11) is 0. The van der Waals surface area contributed by atoms with Gasteiger partial charge in [-0.05, 0) is 46.0 Å². The average Bonchev–Trinajstić information content (AvgIpc) is 2.19. The van der Waals surface area contributed by atoms with Crippen LogP contribution in [0.4, 0.5) is 4.79 Å². The van der Waals surface area contributed by atoms with Crippen molar-refractivity contribution in [2.45, 2.75) is 58.5 Å². The highest BCUT2D eigenvalue weighted by Crippen LogP contribution is 2.25. The zero-order valence-corrected chi connectivity index (χ0v) is 12.3. The number of nitrogens with one attached hydrogen (secondary N) is 2. The second-order valence-electron chi connectivity index (χ2n) is 6.13. The quantitative estimate of drug-likeness (QED) is 0.727. The highest BCUT2D eigenvalue weighted by molar-refractivity contribution is 5.76. The number of rotatable bonds is 6. The molecule has 0 heterocycles. The fourth-order valence-corrected chi connectivity index (χ4v) is 1.80. The summed E-state index contributed by atoms with van der Waals surface area (Å²) in [6, 6.07) is 0. The summed E-state index contributed by atoms with van der Waals surface area (Å²) in [5, 5.41) is 5.57. The van der Waals surface area contributed by atoms with Crippen LogP contribution in [0.25, 0.3) is 0 Å².